The minimum absolute atomic E-state index is 0.0549. The van der Waals surface area contributed by atoms with E-state index in [2.05, 4.69) is 26.0 Å². The SMILES string of the molecule is CC1(C)CC2=C(CCC=C2)O1. The Kier molecular flexibility index (Phi) is 1.35. The number of allylic oxidation sites excluding steroid dienone is 3. The zero-order chi connectivity index (χ0) is 7.90. The molecule has 0 amide bonds. The van der Waals surface area contributed by atoms with Gasteiger partial charge in [-0.1, -0.05) is 12.2 Å². The lowest BCUT2D eigenvalue weighted by Gasteiger charge is -2.19. The Labute approximate surface area is 67.7 Å². The molecule has 1 heteroatoms. The first-order valence-electron chi connectivity index (χ1n) is 4.25. The molecule has 11 heavy (non-hydrogen) atoms. The Balaban J connectivity index is 2.23. The van der Waals surface area contributed by atoms with E-state index < -0.39 is 0 Å². The first-order valence-corrected chi connectivity index (χ1v) is 4.25. The maximum Gasteiger partial charge on any atom is 0.107 e. The predicted molar refractivity (Wildman–Crippen MR) is 45.2 cm³/mol. The van der Waals surface area contributed by atoms with Crippen LogP contribution >= 0.6 is 0 Å². The van der Waals surface area contributed by atoms with Gasteiger partial charge in [-0.2, -0.15) is 0 Å². The molecule has 0 atom stereocenters. The van der Waals surface area contributed by atoms with E-state index in [4.69, 9.17) is 4.74 Å². The van der Waals surface area contributed by atoms with E-state index in [0.717, 1.165) is 19.3 Å². The van der Waals surface area contributed by atoms with Crippen molar-refractivity contribution in [2.75, 3.05) is 0 Å². The van der Waals surface area contributed by atoms with Gasteiger partial charge in [-0.05, 0) is 25.8 Å². The monoisotopic (exact) mass is 150 g/mol. The highest BCUT2D eigenvalue weighted by molar-refractivity contribution is 5.31. The maximum absolute atomic E-state index is 5.78. The molecule has 0 saturated carbocycles. The van der Waals surface area contributed by atoms with Crippen LogP contribution in [0.1, 0.15) is 33.1 Å². The van der Waals surface area contributed by atoms with Crippen molar-refractivity contribution in [1.82, 2.24) is 0 Å². The van der Waals surface area contributed by atoms with Crippen LogP contribution in [0.4, 0.5) is 0 Å². The summed E-state index contributed by atoms with van der Waals surface area (Å²) in [4.78, 5) is 0. The average molecular weight is 150 g/mol. The second kappa shape index (κ2) is 2.13. The molecule has 1 aliphatic carbocycles. The highest BCUT2D eigenvalue weighted by Crippen LogP contribution is 2.38. The molecule has 0 bridgehead atoms. The van der Waals surface area contributed by atoms with Crippen molar-refractivity contribution < 1.29 is 4.74 Å². The molecule has 1 heterocycles. The van der Waals surface area contributed by atoms with E-state index in [1.54, 1.807) is 0 Å². The molecule has 0 radical (unpaired) electrons. The van der Waals surface area contributed by atoms with Gasteiger partial charge in [0.25, 0.3) is 0 Å². The van der Waals surface area contributed by atoms with Crippen molar-refractivity contribution in [3.05, 3.63) is 23.5 Å². The summed E-state index contributed by atoms with van der Waals surface area (Å²) in [7, 11) is 0. The van der Waals surface area contributed by atoms with Gasteiger partial charge in [-0.25, -0.2) is 0 Å². The van der Waals surface area contributed by atoms with E-state index in [0.29, 0.717) is 0 Å². The van der Waals surface area contributed by atoms with Crippen LogP contribution in [0.15, 0.2) is 23.5 Å². The average Bonchev–Trinajstić information content (AvgIpc) is 2.21. The molecule has 0 aromatic rings. The first kappa shape index (κ1) is 6.96. The van der Waals surface area contributed by atoms with Crippen LogP contribution in [0, 0.1) is 0 Å². The minimum Gasteiger partial charge on any atom is -0.492 e. The lowest BCUT2D eigenvalue weighted by Crippen LogP contribution is -2.17. The van der Waals surface area contributed by atoms with Gasteiger partial charge in [0.15, 0.2) is 0 Å². The normalized spacial score (nSPS) is 26.7. The van der Waals surface area contributed by atoms with Crippen LogP contribution in [0.5, 0.6) is 0 Å². The summed E-state index contributed by atoms with van der Waals surface area (Å²) >= 11 is 0. The third kappa shape index (κ3) is 1.20. The van der Waals surface area contributed by atoms with Crippen molar-refractivity contribution >= 4 is 0 Å². The van der Waals surface area contributed by atoms with Crippen LogP contribution in [0.2, 0.25) is 0 Å². The van der Waals surface area contributed by atoms with Gasteiger partial charge < -0.3 is 4.74 Å². The van der Waals surface area contributed by atoms with E-state index in [9.17, 15) is 0 Å². The standard InChI is InChI=1S/C10H14O/c1-10(2)7-8-5-3-4-6-9(8)11-10/h3,5H,4,6-7H2,1-2H3. The molecule has 0 saturated heterocycles. The molecule has 0 aromatic heterocycles. The summed E-state index contributed by atoms with van der Waals surface area (Å²) < 4.78 is 5.78. The number of rotatable bonds is 0. The molecule has 2 rings (SSSR count). The topological polar surface area (TPSA) is 9.23 Å². The molecule has 0 aromatic carbocycles. The number of hydrogen-bond donors (Lipinski definition) is 0. The maximum atomic E-state index is 5.78. The van der Waals surface area contributed by atoms with Crippen LogP contribution in [0.25, 0.3) is 0 Å². The van der Waals surface area contributed by atoms with E-state index >= 15 is 0 Å². The van der Waals surface area contributed by atoms with E-state index in [-0.39, 0.29) is 5.60 Å². The quantitative estimate of drug-likeness (QED) is 0.516. The molecular formula is C10H14O. The zero-order valence-corrected chi connectivity index (χ0v) is 7.18. The van der Waals surface area contributed by atoms with Gasteiger partial charge in [0.2, 0.25) is 0 Å². The molecule has 0 N–H and O–H groups in total. The molecule has 0 spiro atoms. The fourth-order valence-electron chi connectivity index (χ4n) is 1.80. The Morgan fingerprint density at radius 1 is 1.45 bits per heavy atom. The summed E-state index contributed by atoms with van der Waals surface area (Å²) in [6.45, 7) is 4.30. The first-order chi connectivity index (χ1) is 5.17. The molecule has 0 fully saturated rings. The number of hydrogen-bond acceptors (Lipinski definition) is 1. The van der Waals surface area contributed by atoms with Gasteiger partial charge in [0.05, 0.1) is 0 Å². The Bertz CT molecular complexity index is 233. The van der Waals surface area contributed by atoms with Gasteiger partial charge >= 0.3 is 0 Å². The van der Waals surface area contributed by atoms with Crippen LogP contribution in [-0.4, -0.2) is 5.60 Å². The van der Waals surface area contributed by atoms with Gasteiger partial charge in [-0.15, -0.1) is 0 Å². The highest BCUT2D eigenvalue weighted by atomic mass is 16.5. The minimum atomic E-state index is 0.0549. The summed E-state index contributed by atoms with van der Waals surface area (Å²) in [5.41, 5.74) is 1.47. The second-order valence-corrected chi connectivity index (χ2v) is 3.93. The fourth-order valence-corrected chi connectivity index (χ4v) is 1.80. The van der Waals surface area contributed by atoms with Crippen molar-refractivity contribution in [2.24, 2.45) is 0 Å². The molecule has 1 aliphatic heterocycles. The Morgan fingerprint density at radius 3 is 3.00 bits per heavy atom. The summed E-state index contributed by atoms with van der Waals surface area (Å²) in [6, 6.07) is 0. The van der Waals surface area contributed by atoms with Crippen molar-refractivity contribution in [2.45, 2.75) is 38.7 Å². The molecule has 2 aliphatic rings. The lowest BCUT2D eigenvalue weighted by molar-refractivity contribution is 0.0570. The Hall–Kier alpha value is -0.720. The van der Waals surface area contributed by atoms with Crippen LogP contribution in [0.3, 0.4) is 0 Å². The van der Waals surface area contributed by atoms with Gasteiger partial charge in [0, 0.05) is 12.8 Å². The summed E-state index contributed by atoms with van der Waals surface area (Å²) in [6.07, 6.45) is 7.79. The van der Waals surface area contributed by atoms with Gasteiger partial charge in [0.1, 0.15) is 11.4 Å². The van der Waals surface area contributed by atoms with Crippen LogP contribution in [-0.2, 0) is 4.74 Å². The van der Waals surface area contributed by atoms with Crippen molar-refractivity contribution in [3.8, 4) is 0 Å². The molecular weight excluding hydrogens is 136 g/mol. The fraction of sp³-hybridized carbons (Fsp3) is 0.600. The molecule has 60 valence electrons. The third-order valence-corrected chi connectivity index (χ3v) is 2.23. The molecule has 0 unspecified atom stereocenters. The molecule has 1 nitrogen and oxygen atoms in total. The Morgan fingerprint density at radius 2 is 2.27 bits per heavy atom. The van der Waals surface area contributed by atoms with Crippen LogP contribution < -0.4 is 0 Å². The zero-order valence-electron chi connectivity index (χ0n) is 7.18. The third-order valence-electron chi connectivity index (χ3n) is 2.23. The number of ether oxygens (including phenoxy) is 1. The largest absolute Gasteiger partial charge is 0.492 e. The van der Waals surface area contributed by atoms with Gasteiger partial charge in [-0.3, -0.25) is 0 Å². The van der Waals surface area contributed by atoms with E-state index in [1.165, 1.54) is 11.3 Å². The van der Waals surface area contributed by atoms with E-state index in [1.807, 2.05) is 0 Å². The van der Waals surface area contributed by atoms with Crippen molar-refractivity contribution in [1.29, 1.82) is 0 Å². The second-order valence-electron chi connectivity index (χ2n) is 3.93. The summed E-state index contributed by atoms with van der Waals surface area (Å²) in [5.74, 6) is 1.23. The lowest BCUT2D eigenvalue weighted by atomic mass is 9.98. The van der Waals surface area contributed by atoms with Crippen molar-refractivity contribution in [3.63, 3.8) is 0 Å². The highest BCUT2D eigenvalue weighted by Gasteiger charge is 2.31. The smallest absolute Gasteiger partial charge is 0.107 e. The predicted octanol–water partition coefficient (Wildman–Crippen LogP) is 2.79. The summed E-state index contributed by atoms with van der Waals surface area (Å²) in [5, 5.41) is 0.